The Labute approximate surface area is 206 Å². The van der Waals surface area contributed by atoms with Gasteiger partial charge in [0.1, 0.15) is 0 Å². The van der Waals surface area contributed by atoms with Crippen LogP contribution in [0.4, 0.5) is 0 Å². The lowest BCUT2D eigenvalue weighted by atomic mass is 9.91. The summed E-state index contributed by atoms with van der Waals surface area (Å²) in [5.74, 6) is -0.591. The van der Waals surface area contributed by atoms with Crippen molar-refractivity contribution in [2.24, 2.45) is 10.8 Å². The lowest BCUT2D eigenvalue weighted by Gasteiger charge is -2.29. The molecule has 0 amide bonds. The van der Waals surface area contributed by atoms with Gasteiger partial charge in [-0.15, -0.1) is 11.3 Å². The molecule has 0 aliphatic carbocycles. The van der Waals surface area contributed by atoms with Gasteiger partial charge in [0, 0.05) is 16.0 Å². The summed E-state index contributed by atoms with van der Waals surface area (Å²) in [6, 6.07) is 19.6. The van der Waals surface area contributed by atoms with E-state index in [9.17, 15) is 9.59 Å². The average Bonchev–Trinajstić information content (AvgIpc) is 3.29. The Morgan fingerprint density at radius 3 is 1.68 bits per heavy atom. The van der Waals surface area contributed by atoms with Gasteiger partial charge in [-0.3, -0.25) is 9.59 Å². The Balaban J connectivity index is 2.15. The summed E-state index contributed by atoms with van der Waals surface area (Å²) in [5.41, 5.74) is 2.26. The van der Waals surface area contributed by atoms with Crippen molar-refractivity contribution in [2.45, 2.75) is 60.7 Å². The highest BCUT2D eigenvalue weighted by molar-refractivity contribution is 7.10. The lowest BCUT2D eigenvalue weighted by molar-refractivity contribution is -0.158. The first kappa shape index (κ1) is 25.7. The highest BCUT2D eigenvalue weighted by Gasteiger charge is 2.33. The fraction of sp³-hybridized carbons (Fsp3) is 0.379. The van der Waals surface area contributed by atoms with Crippen LogP contribution >= 0.6 is 11.3 Å². The average molecular weight is 479 g/mol. The topological polar surface area (TPSA) is 52.6 Å². The maximum atomic E-state index is 13.0. The van der Waals surface area contributed by atoms with Crippen molar-refractivity contribution in [3.05, 3.63) is 93.2 Å². The molecule has 5 heteroatoms. The van der Waals surface area contributed by atoms with Crippen molar-refractivity contribution in [3.63, 3.8) is 0 Å². The fourth-order valence-electron chi connectivity index (χ4n) is 3.32. The Morgan fingerprint density at radius 1 is 0.706 bits per heavy atom. The van der Waals surface area contributed by atoms with E-state index in [2.05, 4.69) is 0 Å². The van der Waals surface area contributed by atoms with Crippen LogP contribution in [0.3, 0.4) is 0 Å². The Bertz CT molecular complexity index is 1120. The van der Waals surface area contributed by atoms with E-state index in [1.165, 1.54) is 11.3 Å². The number of rotatable bonds is 6. The number of thiophene rings is 1. The molecule has 2 atom stereocenters. The van der Waals surface area contributed by atoms with E-state index in [0.717, 1.165) is 27.1 Å². The second-order valence-electron chi connectivity index (χ2n) is 10.6. The van der Waals surface area contributed by atoms with Crippen molar-refractivity contribution >= 4 is 23.3 Å². The Hall–Kier alpha value is -2.92. The summed E-state index contributed by atoms with van der Waals surface area (Å²) in [7, 11) is 0. The number of aryl methyl sites for hydroxylation is 1. The van der Waals surface area contributed by atoms with E-state index in [1.807, 2.05) is 115 Å². The third-order valence-corrected chi connectivity index (χ3v) is 6.33. The van der Waals surface area contributed by atoms with Gasteiger partial charge in [-0.2, -0.15) is 0 Å². The number of carbonyl (C=O) groups is 2. The van der Waals surface area contributed by atoms with Gasteiger partial charge < -0.3 is 9.47 Å². The van der Waals surface area contributed by atoms with E-state index >= 15 is 0 Å². The first-order valence-corrected chi connectivity index (χ1v) is 12.4. The highest BCUT2D eigenvalue weighted by atomic mass is 32.1. The largest absolute Gasteiger partial charge is 0.452 e. The highest BCUT2D eigenvalue weighted by Crippen LogP contribution is 2.39. The smallest absolute Gasteiger partial charge is 0.312 e. The van der Waals surface area contributed by atoms with Gasteiger partial charge in [0.15, 0.2) is 12.2 Å². The first-order valence-electron chi connectivity index (χ1n) is 11.5. The monoisotopic (exact) mass is 478 g/mol. The number of esters is 2. The fourth-order valence-corrected chi connectivity index (χ4v) is 4.09. The number of benzene rings is 2. The molecule has 0 radical (unpaired) electrons. The minimum absolute atomic E-state index is 0.292. The molecular weight excluding hydrogens is 444 g/mol. The van der Waals surface area contributed by atoms with E-state index in [4.69, 9.17) is 9.47 Å². The van der Waals surface area contributed by atoms with Crippen LogP contribution in [0, 0.1) is 17.8 Å². The molecule has 2 aromatic carbocycles. The van der Waals surface area contributed by atoms with Crippen LogP contribution in [0.2, 0.25) is 0 Å². The molecular formula is C29H34O4S. The minimum atomic E-state index is -0.663. The van der Waals surface area contributed by atoms with Crippen molar-refractivity contribution < 1.29 is 19.1 Å². The molecule has 0 bridgehead atoms. The molecule has 3 aromatic rings. The van der Waals surface area contributed by atoms with E-state index < -0.39 is 23.0 Å². The van der Waals surface area contributed by atoms with E-state index in [1.54, 1.807) is 0 Å². The summed E-state index contributed by atoms with van der Waals surface area (Å²) in [5, 5.41) is 1.97. The van der Waals surface area contributed by atoms with Crippen molar-refractivity contribution in [1.82, 2.24) is 0 Å². The van der Waals surface area contributed by atoms with Gasteiger partial charge >= 0.3 is 11.9 Å². The summed E-state index contributed by atoms with van der Waals surface area (Å²) < 4.78 is 12.2. The van der Waals surface area contributed by atoms with Crippen LogP contribution in [-0.2, 0) is 19.1 Å². The summed E-state index contributed by atoms with van der Waals surface area (Å²) >= 11 is 1.53. The molecule has 0 fully saturated rings. The molecule has 0 saturated carbocycles. The quantitative estimate of drug-likeness (QED) is 0.346. The zero-order valence-corrected chi connectivity index (χ0v) is 21.9. The Morgan fingerprint density at radius 2 is 1.21 bits per heavy atom. The van der Waals surface area contributed by atoms with Crippen LogP contribution in [0.5, 0.6) is 0 Å². The molecule has 0 aliphatic heterocycles. The minimum Gasteiger partial charge on any atom is -0.452 e. The van der Waals surface area contributed by atoms with Gasteiger partial charge in [0.2, 0.25) is 0 Å². The van der Waals surface area contributed by atoms with Crippen molar-refractivity contribution in [1.29, 1.82) is 0 Å². The SMILES string of the molecule is Cc1ccc(C(OC(=O)C(C)(C)C)c2ccccc2C(OC(=O)C(C)(C)C)c2cccs2)cc1. The third-order valence-electron chi connectivity index (χ3n) is 5.42. The normalized spacial score (nSPS) is 13.7. The van der Waals surface area contributed by atoms with Crippen molar-refractivity contribution in [2.75, 3.05) is 0 Å². The molecule has 3 rings (SSSR count). The number of hydrogen-bond donors (Lipinski definition) is 0. The molecule has 4 nitrogen and oxygen atoms in total. The lowest BCUT2D eigenvalue weighted by Crippen LogP contribution is -2.27. The Kier molecular flexibility index (Phi) is 7.67. The second-order valence-corrected chi connectivity index (χ2v) is 11.6. The van der Waals surface area contributed by atoms with Crippen LogP contribution in [0.15, 0.2) is 66.0 Å². The predicted octanol–water partition coefficient (Wildman–Crippen LogP) is 7.41. The van der Waals surface area contributed by atoms with Gasteiger partial charge in [0.25, 0.3) is 0 Å². The molecule has 1 aromatic heterocycles. The molecule has 2 unspecified atom stereocenters. The zero-order valence-electron chi connectivity index (χ0n) is 21.0. The molecule has 0 aliphatic rings. The molecule has 0 spiro atoms. The maximum absolute atomic E-state index is 13.0. The molecule has 180 valence electrons. The number of carbonyl (C=O) groups excluding carboxylic acids is 2. The number of ether oxygens (including phenoxy) is 2. The van der Waals surface area contributed by atoms with Crippen LogP contribution in [0.25, 0.3) is 0 Å². The van der Waals surface area contributed by atoms with Gasteiger partial charge in [-0.05, 0) is 65.5 Å². The van der Waals surface area contributed by atoms with Crippen LogP contribution in [-0.4, -0.2) is 11.9 Å². The van der Waals surface area contributed by atoms with E-state index in [-0.39, 0.29) is 11.9 Å². The first-order chi connectivity index (χ1) is 15.9. The summed E-state index contributed by atoms with van der Waals surface area (Å²) in [6.45, 7) is 13.1. The van der Waals surface area contributed by atoms with Crippen molar-refractivity contribution in [3.8, 4) is 0 Å². The maximum Gasteiger partial charge on any atom is 0.312 e. The standard InChI is InChI=1S/C29H34O4S/c1-19-14-16-20(17-15-19)24(32-26(30)28(2,3)4)21-11-8-9-12-22(21)25(23-13-10-18-34-23)33-27(31)29(5,6)7/h8-18,24-25H,1-7H3. The summed E-state index contributed by atoms with van der Waals surface area (Å²) in [4.78, 5) is 26.9. The van der Waals surface area contributed by atoms with Gasteiger partial charge in [0.05, 0.1) is 10.8 Å². The molecule has 34 heavy (non-hydrogen) atoms. The van der Waals surface area contributed by atoms with Crippen LogP contribution in [0.1, 0.15) is 80.9 Å². The summed E-state index contributed by atoms with van der Waals surface area (Å²) in [6.07, 6.45) is -1.25. The number of hydrogen-bond acceptors (Lipinski definition) is 5. The van der Waals surface area contributed by atoms with Crippen LogP contribution < -0.4 is 0 Å². The van der Waals surface area contributed by atoms with Gasteiger partial charge in [-0.25, -0.2) is 0 Å². The zero-order chi connectivity index (χ0) is 25.1. The van der Waals surface area contributed by atoms with E-state index in [0.29, 0.717) is 0 Å². The molecule has 0 saturated heterocycles. The predicted molar refractivity (Wildman–Crippen MR) is 137 cm³/mol. The third kappa shape index (κ3) is 6.15. The second kappa shape index (κ2) is 10.1. The molecule has 1 heterocycles. The molecule has 0 N–H and O–H groups in total. The van der Waals surface area contributed by atoms with Gasteiger partial charge in [-0.1, -0.05) is 60.2 Å².